The van der Waals surface area contributed by atoms with Crippen molar-refractivity contribution >= 4 is 39.6 Å². The standard InChI is InChI=1S/C30H36N8O2/c1-35-14-19-16-37(17-20(19)15-35)30-32-13-22-26(39)25(28-33-23-4-2-3-5-24(23)38(28)27(22)34-30)29(40)31-12-18-8-10-36(11-9-18)21-6-7-21/h2-5,13,18-21,33H,6-12,14-17H2,1H3,(H,31,40). The normalized spacial score (nSPS) is 24.5. The fourth-order valence-electron chi connectivity index (χ4n) is 7.45. The Morgan fingerprint density at radius 2 is 1.80 bits per heavy atom. The number of hydrogen-bond acceptors (Lipinski definition) is 7. The van der Waals surface area contributed by atoms with Gasteiger partial charge in [0, 0.05) is 45.0 Å². The highest BCUT2D eigenvalue weighted by Crippen LogP contribution is 2.33. The molecule has 1 saturated carbocycles. The van der Waals surface area contributed by atoms with Gasteiger partial charge in [-0.3, -0.25) is 14.0 Å². The highest BCUT2D eigenvalue weighted by molar-refractivity contribution is 6.05. The first kappa shape index (κ1) is 24.3. The number of carbonyl (C=O) groups excluding carboxylic acids is 1. The Morgan fingerprint density at radius 3 is 2.55 bits per heavy atom. The number of fused-ring (bicyclic) bond motifs is 6. The van der Waals surface area contributed by atoms with Crippen LogP contribution in [-0.4, -0.2) is 94.0 Å². The molecule has 1 aromatic carbocycles. The molecule has 1 amide bonds. The first-order valence-electron chi connectivity index (χ1n) is 14.8. The van der Waals surface area contributed by atoms with Gasteiger partial charge in [0.2, 0.25) is 11.4 Å². The van der Waals surface area contributed by atoms with Crippen LogP contribution in [0.25, 0.3) is 27.7 Å². The molecule has 2 N–H and O–H groups in total. The average Bonchev–Trinajstić information content (AvgIpc) is 3.51. The van der Waals surface area contributed by atoms with Crippen LogP contribution in [0.5, 0.6) is 0 Å². The van der Waals surface area contributed by atoms with Gasteiger partial charge in [-0.1, -0.05) is 12.1 Å². The fourth-order valence-corrected chi connectivity index (χ4v) is 7.45. The second-order valence-electron chi connectivity index (χ2n) is 12.5. The van der Waals surface area contributed by atoms with Crippen molar-refractivity contribution in [2.75, 3.05) is 57.8 Å². The number of anilines is 1. The van der Waals surface area contributed by atoms with Crippen LogP contribution < -0.4 is 15.6 Å². The molecule has 4 aliphatic rings. The van der Waals surface area contributed by atoms with Gasteiger partial charge in [0.25, 0.3) is 5.91 Å². The third-order valence-electron chi connectivity index (χ3n) is 9.74. The maximum Gasteiger partial charge on any atom is 0.259 e. The molecule has 8 rings (SSSR count). The molecule has 1 aliphatic carbocycles. The molecule has 10 nitrogen and oxygen atoms in total. The molecule has 3 saturated heterocycles. The summed E-state index contributed by atoms with van der Waals surface area (Å²) in [6.07, 6.45) is 6.45. The Kier molecular flexibility index (Phi) is 5.64. The molecule has 0 spiro atoms. The monoisotopic (exact) mass is 540 g/mol. The summed E-state index contributed by atoms with van der Waals surface area (Å²) < 4.78 is 1.94. The molecule has 0 bridgehead atoms. The van der Waals surface area contributed by atoms with E-state index in [-0.39, 0.29) is 16.9 Å². The number of H-pyrrole nitrogens is 1. The molecular weight excluding hydrogens is 504 g/mol. The van der Waals surface area contributed by atoms with E-state index >= 15 is 0 Å². The van der Waals surface area contributed by atoms with Crippen molar-refractivity contribution in [2.45, 2.75) is 31.7 Å². The number of rotatable bonds is 5. The van der Waals surface area contributed by atoms with Gasteiger partial charge in [-0.25, -0.2) is 4.98 Å². The van der Waals surface area contributed by atoms with E-state index < -0.39 is 0 Å². The summed E-state index contributed by atoms with van der Waals surface area (Å²) in [6, 6.07) is 8.67. The number of aromatic amines is 1. The summed E-state index contributed by atoms with van der Waals surface area (Å²) in [7, 11) is 2.18. The summed E-state index contributed by atoms with van der Waals surface area (Å²) in [5.41, 5.74) is 2.58. The number of aromatic nitrogens is 4. The van der Waals surface area contributed by atoms with Crippen molar-refractivity contribution in [2.24, 2.45) is 17.8 Å². The van der Waals surface area contributed by atoms with Gasteiger partial charge in [-0.2, -0.15) is 4.98 Å². The number of imidazole rings is 1. The van der Waals surface area contributed by atoms with Crippen molar-refractivity contribution in [3.05, 3.63) is 46.2 Å². The molecule has 40 heavy (non-hydrogen) atoms. The van der Waals surface area contributed by atoms with Gasteiger partial charge in [-0.15, -0.1) is 0 Å². The van der Waals surface area contributed by atoms with Crippen molar-refractivity contribution in [1.29, 1.82) is 0 Å². The minimum absolute atomic E-state index is 0.134. The van der Waals surface area contributed by atoms with Crippen LogP contribution in [0.4, 0.5) is 5.95 Å². The summed E-state index contributed by atoms with van der Waals surface area (Å²) in [6.45, 7) is 6.83. The smallest absolute Gasteiger partial charge is 0.259 e. The number of nitrogens with one attached hydrogen (secondary N) is 2. The largest absolute Gasteiger partial charge is 0.352 e. The lowest BCUT2D eigenvalue weighted by Crippen LogP contribution is -2.40. The van der Waals surface area contributed by atoms with E-state index in [0.29, 0.717) is 46.9 Å². The van der Waals surface area contributed by atoms with Gasteiger partial charge in [0.05, 0.1) is 16.4 Å². The van der Waals surface area contributed by atoms with E-state index in [0.717, 1.165) is 69.2 Å². The number of pyridine rings is 1. The van der Waals surface area contributed by atoms with E-state index in [1.54, 1.807) is 6.20 Å². The topological polar surface area (TPSA) is 102 Å². The van der Waals surface area contributed by atoms with Gasteiger partial charge in [-0.05, 0) is 75.7 Å². The second-order valence-corrected chi connectivity index (χ2v) is 12.5. The molecule has 3 aromatic heterocycles. The summed E-state index contributed by atoms with van der Waals surface area (Å²) in [4.78, 5) is 47.7. The van der Waals surface area contributed by atoms with Crippen molar-refractivity contribution in [3.8, 4) is 0 Å². The molecule has 4 fully saturated rings. The van der Waals surface area contributed by atoms with Crippen molar-refractivity contribution in [3.63, 3.8) is 0 Å². The van der Waals surface area contributed by atoms with Crippen LogP contribution in [0.2, 0.25) is 0 Å². The average molecular weight is 541 g/mol. The zero-order valence-electron chi connectivity index (χ0n) is 23.0. The summed E-state index contributed by atoms with van der Waals surface area (Å²) in [5.74, 6) is 1.99. The number of carbonyl (C=O) groups is 1. The molecule has 3 aliphatic heterocycles. The third kappa shape index (κ3) is 3.99. The Hall–Kier alpha value is -3.50. The van der Waals surface area contributed by atoms with Gasteiger partial charge < -0.3 is 25.0 Å². The lowest BCUT2D eigenvalue weighted by atomic mass is 9.96. The van der Waals surface area contributed by atoms with Crippen LogP contribution in [-0.2, 0) is 0 Å². The molecule has 10 heteroatoms. The van der Waals surface area contributed by atoms with Crippen LogP contribution in [0, 0.1) is 17.8 Å². The number of likely N-dealkylation sites (tertiary alicyclic amines) is 2. The molecular formula is C30H36N8O2. The SMILES string of the molecule is CN1CC2CN(c3ncc4c(=O)c(C(=O)NCC5CCN(C6CC6)CC5)c5[nH]c6ccccc6n5c4n3)CC2C1. The lowest BCUT2D eigenvalue weighted by molar-refractivity contribution is 0.0935. The molecule has 0 radical (unpaired) electrons. The maximum atomic E-state index is 13.9. The molecule has 208 valence electrons. The first-order valence-corrected chi connectivity index (χ1v) is 14.8. The van der Waals surface area contributed by atoms with Gasteiger partial charge >= 0.3 is 0 Å². The van der Waals surface area contributed by atoms with Crippen molar-refractivity contribution in [1.82, 2.24) is 34.5 Å². The number of amides is 1. The minimum Gasteiger partial charge on any atom is -0.352 e. The number of benzene rings is 1. The van der Waals surface area contributed by atoms with Crippen LogP contribution in [0.3, 0.4) is 0 Å². The highest BCUT2D eigenvalue weighted by atomic mass is 16.2. The summed E-state index contributed by atoms with van der Waals surface area (Å²) >= 11 is 0. The minimum atomic E-state index is -0.332. The van der Waals surface area contributed by atoms with E-state index in [2.05, 4.69) is 37.0 Å². The first-order chi connectivity index (χ1) is 19.5. The molecule has 2 atom stereocenters. The maximum absolute atomic E-state index is 13.9. The number of piperidine rings is 1. The lowest BCUT2D eigenvalue weighted by Gasteiger charge is -2.32. The highest BCUT2D eigenvalue weighted by Gasteiger charge is 2.40. The summed E-state index contributed by atoms with van der Waals surface area (Å²) in [5, 5.41) is 3.48. The van der Waals surface area contributed by atoms with E-state index in [4.69, 9.17) is 4.98 Å². The van der Waals surface area contributed by atoms with Crippen LogP contribution in [0.15, 0.2) is 35.3 Å². The Morgan fingerprint density at radius 1 is 1.05 bits per heavy atom. The third-order valence-corrected chi connectivity index (χ3v) is 9.74. The quantitative estimate of drug-likeness (QED) is 0.401. The Balaban J connectivity index is 1.14. The van der Waals surface area contributed by atoms with E-state index in [9.17, 15) is 9.59 Å². The van der Waals surface area contributed by atoms with E-state index in [1.165, 1.54) is 12.8 Å². The van der Waals surface area contributed by atoms with Crippen molar-refractivity contribution < 1.29 is 4.79 Å². The predicted octanol–water partition coefficient (Wildman–Crippen LogP) is 2.33. The Bertz CT molecular complexity index is 1670. The van der Waals surface area contributed by atoms with Gasteiger partial charge in [0.15, 0.2) is 5.65 Å². The van der Waals surface area contributed by atoms with E-state index in [1.807, 2.05) is 28.7 Å². The molecule has 6 heterocycles. The number of hydrogen-bond donors (Lipinski definition) is 2. The van der Waals surface area contributed by atoms with Crippen LogP contribution in [0.1, 0.15) is 36.0 Å². The molecule has 4 aromatic rings. The van der Waals surface area contributed by atoms with Crippen LogP contribution >= 0.6 is 0 Å². The zero-order valence-corrected chi connectivity index (χ0v) is 23.0. The second kappa shape index (κ2) is 9.27. The fraction of sp³-hybridized carbons (Fsp3) is 0.533. The zero-order chi connectivity index (χ0) is 27.0. The Labute approximate surface area is 232 Å². The molecule has 2 unspecified atom stereocenters. The predicted molar refractivity (Wildman–Crippen MR) is 155 cm³/mol. The number of nitrogens with zero attached hydrogens (tertiary/aromatic N) is 6. The number of para-hydroxylation sites is 2. The van der Waals surface area contributed by atoms with Gasteiger partial charge in [0.1, 0.15) is 11.2 Å².